The summed E-state index contributed by atoms with van der Waals surface area (Å²) in [5.41, 5.74) is 0. The van der Waals surface area contributed by atoms with E-state index >= 15 is 0 Å². The third-order valence-corrected chi connectivity index (χ3v) is 2.79. The van der Waals surface area contributed by atoms with E-state index in [4.69, 9.17) is 5.21 Å². The number of rotatable bonds is 0. The smallest absolute Gasteiger partial charge is 0.332 e. The maximum atomic E-state index is 11.4. The number of urea groups is 1. The minimum absolute atomic E-state index is 0.0582. The highest BCUT2D eigenvalue weighted by Crippen LogP contribution is 2.28. The van der Waals surface area contributed by atoms with Crippen molar-refractivity contribution < 1.29 is 14.8 Å². The lowest BCUT2D eigenvalue weighted by Crippen LogP contribution is -2.59. The molecule has 0 aromatic heterocycles. The molecule has 0 aromatic carbocycles. The first kappa shape index (κ1) is 8.50. The molecule has 13 heavy (non-hydrogen) atoms. The van der Waals surface area contributed by atoms with Gasteiger partial charge in [-0.1, -0.05) is 12.8 Å². The zero-order valence-electron chi connectivity index (χ0n) is 7.19. The molecule has 2 rings (SSSR count). The standard InChI is InChI=1S/C8H12N2O3/c11-7-5-3-1-2-4-6(5)9-8(12)10(7)13/h5-6,13H,1-4H2,(H,9,12). The summed E-state index contributed by atoms with van der Waals surface area (Å²) in [6.45, 7) is 0. The molecule has 5 nitrogen and oxygen atoms in total. The fourth-order valence-electron chi connectivity index (χ4n) is 2.08. The number of nitrogens with one attached hydrogen (secondary N) is 1. The SMILES string of the molecule is O=C1NC2CCCCC2C(=O)N1O. The van der Waals surface area contributed by atoms with Gasteiger partial charge in [0.25, 0.3) is 5.91 Å². The molecule has 2 aliphatic rings. The van der Waals surface area contributed by atoms with Crippen LogP contribution in [-0.4, -0.2) is 28.3 Å². The highest BCUT2D eigenvalue weighted by molar-refractivity contribution is 5.97. The molecular weight excluding hydrogens is 172 g/mol. The van der Waals surface area contributed by atoms with E-state index in [-0.39, 0.29) is 17.0 Å². The quantitative estimate of drug-likeness (QED) is 0.538. The molecule has 1 heterocycles. The zero-order chi connectivity index (χ0) is 9.42. The fourth-order valence-corrected chi connectivity index (χ4v) is 2.08. The normalized spacial score (nSPS) is 34.1. The predicted octanol–water partition coefficient (Wildman–Crippen LogP) is 0.486. The molecule has 0 aromatic rings. The van der Waals surface area contributed by atoms with Gasteiger partial charge in [0.05, 0.1) is 5.92 Å². The van der Waals surface area contributed by atoms with Gasteiger partial charge in [0.1, 0.15) is 0 Å². The number of hydroxylamine groups is 2. The van der Waals surface area contributed by atoms with E-state index in [1.54, 1.807) is 0 Å². The Balaban J connectivity index is 2.17. The molecular formula is C8H12N2O3. The molecule has 3 amide bonds. The number of imide groups is 1. The van der Waals surface area contributed by atoms with Gasteiger partial charge in [-0.2, -0.15) is 0 Å². The number of nitrogens with zero attached hydrogens (tertiary/aromatic N) is 1. The highest BCUT2D eigenvalue weighted by Gasteiger charge is 2.41. The summed E-state index contributed by atoms with van der Waals surface area (Å²) < 4.78 is 0. The van der Waals surface area contributed by atoms with Crippen molar-refractivity contribution in [2.24, 2.45) is 5.92 Å². The Morgan fingerprint density at radius 2 is 2.00 bits per heavy atom. The number of fused-ring (bicyclic) bond motifs is 1. The second kappa shape index (κ2) is 2.99. The molecule has 1 saturated heterocycles. The van der Waals surface area contributed by atoms with E-state index in [1.807, 2.05) is 0 Å². The van der Waals surface area contributed by atoms with Crippen molar-refractivity contribution in [1.82, 2.24) is 10.4 Å². The molecule has 2 N–H and O–H groups in total. The maximum Gasteiger partial charge on any atom is 0.348 e. The number of carbonyl (C=O) groups is 2. The van der Waals surface area contributed by atoms with E-state index in [9.17, 15) is 9.59 Å². The summed E-state index contributed by atoms with van der Waals surface area (Å²) in [6, 6.07) is -0.745. The lowest BCUT2D eigenvalue weighted by Gasteiger charge is -2.37. The lowest BCUT2D eigenvalue weighted by molar-refractivity contribution is -0.163. The predicted molar refractivity (Wildman–Crippen MR) is 42.9 cm³/mol. The summed E-state index contributed by atoms with van der Waals surface area (Å²) in [6.07, 6.45) is 3.65. The van der Waals surface area contributed by atoms with Crippen LogP contribution in [0.3, 0.4) is 0 Å². The fraction of sp³-hybridized carbons (Fsp3) is 0.750. The third-order valence-electron chi connectivity index (χ3n) is 2.79. The Hall–Kier alpha value is -1.10. The van der Waals surface area contributed by atoms with E-state index in [0.717, 1.165) is 25.7 Å². The lowest BCUT2D eigenvalue weighted by atomic mass is 9.83. The molecule has 0 radical (unpaired) electrons. The molecule has 2 fully saturated rings. The van der Waals surface area contributed by atoms with Gasteiger partial charge in [-0.05, 0) is 12.8 Å². The Morgan fingerprint density at radius 1 is 1.31 bits per heavy atom. The molecule has 1 aliphatic carbocycles. The molecule has 72 valence electrons. The van der Waals surface area contributed by atoms with Gasteiger partial charge in [0.2, 0.25) is 0 Å². The monoisotopic (exact) mass is 184 g/mol. The van der Waals surface area contributed by atoms with Crippen LogP contribution in [0.25, 0.3) is 0 Å². The number of hydrogen-bond acceptors (Lipinski definition) is 3. The van der Waals surface area contributed by atoms with E-state index in [1.165, 1.54) is 0 Å². The van der Waals surface area contributed by atoms with Crippen molar-refractivity contribution in [2.75, 3.05) is 0 Å². The minimum atomic E-state index is -0.687. The highest BCUT2D eigenvalue weighted by atomic mass is 16.5. The maximum absolute atomic E-state index is 11.4. The van der Waals surface area contributed by atoms with Gasteiger partial charge in [0.15, 0.2) is 0 Å². The molecule has 1 aliphatic heterocycles. The van der Waals surface area contributed by atoms with Crippen LogP contribution in [0.2, 0.25) is 0 Å². The molecule has 1 saturated carbocycles. The third kappa shape index (κ3) is 1.29. The van der Waals surface area contributed by atoms with Crippen molar-refractivity contribution in [3.63, 3.8) is 0 Å². The number of carbonyl (C=O) groups excluding carboxylic acids is 2. The Morgan fingerprint density at radius 3 is 2.77 bits per heavy atom. The first-order valence-corrected chi connectivity index (χ1v) is 4.53. The Bertz CT molecular complexity index is 254. The van der Waals surface area contributed by atoms with Crippen LogP contribution < -0.4 is 5.32 Å². The van der Waals surface area contributed by atoms with E-state index < -0.39 is 11.9 Å². The largest absolute Gasteiger partial charge is 0.348 e. The second-order valence-electron chi connectivity index (χ2n) is 3.60. The van der Waals surface area contributed by atoms with Gasteiger partial charge in [-0.15, -0.1) is 5.06 Å². The summed E-state index contributed by atoms with van der Waals surface area (Å²) in [7, 11) is 0. The van der Waals surface area contributed by atoms with Crippen molar-refractivity contribution in [3.8, 4) is 0 Å². The van der Waals surface area contributed by atoms with Crippen LogP contribution in [-0.2, 0) is 4.79 Å². The van der Waals surface area contributed by atoms with Gasteiger partial charge in [0, 0.05) is 6.04 Å². The molecule has 5 heteroatoms. The Labute approximate surface area is 75.7 Å². The first-order valence-electron chi connectivity index (χ1n) is 4.53. The van der Waals surface area contributed by atoms with Crippen LogP contribution in [0.1, 0.15) is 25.7 Å². The van der Waals surface area contributed by atoms with Crippen LogP contribution >= 0.6 is 0 Å². The molecule has 0 bridgehead atoms. The Kier molecular flexibility index (Phi) is 1.95. The summed E-state index contributed by atoms with van der Waals surface area (Å²) >= 11 is 0. The van der Waals surface area contributed by atoms with E-state index in [0.29, 0.717) is 0 Å². The number of amides is 3. The van der Waals surface area contributed by atoms with Crippen molar-refractivity contribution in [2.45, 2.75) is 31.7 Å². The molecule has 2 atom stereocenters. The van der Waals surface area contributed by atoms with Crippen LogP contribution in [0.15, 0.2) is 0 Å². The molecule has 2 unspecified atom stereocenters. The van der Waals surface area contributed by atoms with Gasteiger partial charge in [-0.25, -0.2) is 4.79 Å². The van der Waals surface area contributed by atoms with Gasteiger partial charge in [-0.3, -0.25) is 10.0 Å². The second-order valence-corrected chi connectivity index (χ2v) is 3.60. The minimum Gasteiger partial charge on any atom is -0.332 e. The van der Waals surface area contributed by atoms with Crippen LogP contribution in [0.5, 0.6) is 0 Å². The average molecular weight is 184 g/mol. The van der Waals surface area contributed by atoms with Crippen LogP contribution in [0, 0.1) is 5.92 Å². The average Bonchev–Trinajstić information content (AvgIpc) is 2.15. The van der Waals surface area contributed by atoms with Crippen molar-refractivity contribution in [3.05, 3.63) is 0 Å². The molecule has 0 spiro atoms. The summed E-state index contributed by atoms with van der Waals surface area (Å²) in [5, 5.41) is 11.9. The first-order chi connectivity index (χ1) is 6.20. The van der Waals surface area contributed by atoms with Gasteiger partial charge >= 0.3 is 6.03 Å². The topological polar surface area (TPSA) is 69.6 Å². The zero-order valence-corrected chi connectivity index (χ0v) is 7.19. The van der Waals surface area contributed by atoms with Crippen molar-refractivity contribution >= 4 is 11.9 Å². The van der Waals surface area contributed by atoms with Gasteiger partial charge < -0.3 is 5.32 Å². The number of hydrogen-bond donors (Lipinski definition) is 2. The van der Waals surface area contributed by atoms with Crippen molar-refractivity contribution in [1.29, 1.82) is 0 Å². The van der Waals surface area contributed by atoms with E-state index in [2.05, 4.69) is 5.32 Å². The van der Waals surface area contributed by atoms with Crippen LogP contribution in [0.4, 0.5) is 4.79 Å². The summed E-state index contributed by atoms with van der Waals surface area (Å²) in [5.74, 6) is -0.662. The summed E-state index contributed by atoms with van der Waals surface area (Å²) in [4.78, 5) is 22.4.